The zero-order valence-electron chi connectivity index (χ0n) is 10.2. The molecule has 16 heavy (non-hydrogen) atoms. The van der Waals surface area contributed by atoms with E-state index >= 15 is 0 Å². The Morgan fingerprint density at radius 2 is 1.81 bits per heavy atom. The van der Waals surface area contributed by atoms with E-state index in [9.17, 15) is 4.79 Å². The van der Waals surface area contributed by atoms with Gasteiger partial charge in [0.05, 0.1) is 0 Å². The lowest BCUT2D eigenvalue weighted by Crippen LogP contribution is -2.27. The van der Waals surface area contributed by atoms with Crippen molar-refractivity contribution in [3.05, 3.63) is 0 Å². The topological polar surface area (TPSA) is 37.3 Å². The third kappa shape index (κ3) is 3.23. The number of carboxylic acids is 1. The Balaban J connectivity index is 1.70. The monoisotopic (exact) mass is 224 g/mol. The number of aliphatic carboxylic acids is 1. The molecule has 3 atom stereocenters. The Hall–Kier alpha value is -0.530. The summed E-state index contributed by atoms with van der Waals surface area (Å²) in [6.07, 6.45) is 12.4. The molecule has 0 saturated heterocycles. The molecule has 0 bridgehead atoms. The second-order valence-electron chi connectivity index (χ2n) is 5.77. The normalized spacial score (nSPS) is 34.4. The number of hydrogen-bond donors (Lipinski definition) is 1. The van der Waals surface area contributed by atoms with Crippen molar-refractivity contribution < 1.29 is 9.90 Å². The average Bonchev–Trinajstić information content (AvgIpc) is 2.28. The molecule has 0 heterocycles. The van der Waals surface area contributed by atoms with Gasteiger partial charge in [-0.15, -0.1) is 0 Å². The van der Waals surface area contributed by atoms with Gasteiger partial charge in [-0.2, -0.15) is 0 Å². The summed E-state index contributed by atoms with van der Waals surface area (Å²) in [5, 5.41) is 8.63. The Morgan fingerprint density at radius 3 is 2.56 bits per heavy atom. The zero-order valence-corrected chi connectivity index (χ0v) is 10.2. The van der Waals surface area contributed by atoms with Gasteiger partial charge in [-0.25, -0.2) is 0 Å². The van der Waals surface area contributed by atoms with Gasteiger partial charge in [0.1, 0.15) is 0 Å². The van der Waals surface area contributed by atoms with Crippen LogP contribution in [0.3, 0.4) is 0 Å². The summed E-state index contributed by atoms with van der Waals surface area (Å²) < 4.78 is 0. The largest absolute Gasteiger partial charge is 0.481 e. The quantitative estimate of drug-likeness (QED) is 0.787. The molecule has 2 aliphatic carbocycles. The Morgan fingerprint density at radius 1 is 1.06 bits per heavy atom. The van der Waals surface area contributed by atoms with Crippen molar-refractivity contribution in [1.82, 2.24) is 0 Å². The van der Waals surface area contributed by atoms with Crippen molar-refractivity contribution in [2.24, 2.45) is 17.8 Å². The summed E-state index contributed by atoms with van der Waals surface area (Å²) >= 11 is 0. The van der Waals surface area contributed by atoms with Crippen LogP contribution in [-0.2, 0) is 4.79 Å². The fourth-order valence-electron chi connectivity index (χ4n) is 3.77. The van der Waals surface area contributed by atoms with Gasteiger partial charge >= 0.3 is 5.97 Å². The van der Waals surface area contributed by atoms with Crippen LogP contribution in [0.1, 0.15) is 64.2 Å². The third-order valence-electron chi connectivity index (χ3n) is 4.65. The van der Waals surface area contributed by atoms with E-state index in [1.807, 2.05) is 0 Å². The van der Waals surface area contributed by atoms with Crippen molar-refractivity contribution in [1.29, 1.82) is 0 Å². The predicted molar refractivity (Wildman–Crippen MR) is 64.3 cm³/mol. The molecule has 0 radical (unpaired) electrons. The predicted octanol–water partition coefficient (Wildman–Crippen LogP) is 3.85. The number of rotatable bonds is 4. The van der Waals surface area contributed by atoms with Gasteiger partial charge in [0.15, 0.2) is 0 Å². The molecule has 2 nitrogen and oxygen atoms in total. The van der Waals surface area contributed by atoms with Crippen molar-refractivity contribution >= 4 is 5.97 Å². The van der Waals surface area contributed by atoms with Crippen molar-refractivity contribution in [3.63, 3.8) is 0 Å². The summed E-state index contributed by atoms with van der Waals surface area (Å²) in [5.74, 6) is 2.20. The first-order valence-electron chi connectivity index (χ1n) is 6.97. The molecule has 0 aliphatic heterocycles. The van der Waals surface area contributed by atoms with Gasteiger partial charge in [-0.3, -0.25) is 4.79 Å². The van der Waals surface area contributed by atoms with E-state index < -0.39 is 5.97 Å². The van der Waals surface area contributed by atoms with Gasteiger partial charge in [0.25, 0.3) is 0 Å². The minimum Gasteiger partial charge on any atom is -0.481 e. The number of fused-ring (bicyclic) bond motifs is 1. The number of hydrogen-bond acceptors (Lipinski definition) is 1. The van der Waals surface area contributed by atoms with E-state index in [0.717, 1.165) is 30.6 Å². The zero-order chi connectivity index (χ0) is 11.4. The molecule has 92 valence electrons. The number of carboxylic acid groups (broad SMARTS) is 1. The first kappa shape index (κ1) is 11.9. The van der Waals surface area contributed by atoms with E-state index in [1.54, 1.807) is 0 Å². The summed E-state index contributed by atoms with van der Waals surface area (Å²) in [7, 11) is 0. The highest BCUT2D eigenvalue weighted by atomic mass is 16.4. The van der Waals surface area contributed by atoms with E-state index in [0.29, 0.717) is 6.42 Å². The summed E-state index contributed by atoms with van der Waals surface area (Å²) in [4.78, 5) is 10.5. The highest BCUT2D eigenvalue weighted by Crippen LogP contribution is 2.43. The lowest BCUT2D eigenvalue weighted by molar-refractivity contribution is -0.137. The molecule has 0 aromatic rings. The molecule has 3 unspecified atom stereocenters. The van der Waals surface area contributed by atoms with Crippen LogP contribution in [0.15, 0.2) is 0 Å². The van der Waals surface area contributed by atoms with Crippen LogP contribution in [0, 0.1) is 17.8 Å². The van der Waals surface area contributed by atoms with Crippen molar-refractivity contribution in [2.45, 2.75) is 64.2 Å². The SMILES string of the molecule is O=C(O)CCCC1CCC2CCCCC2C1. The van der Waals surface area contributed by atoms with Gasteiger partial charge in [-0.1, -0.05) is 32.1 Å². The molecule has 2 aliphatic rings. The van der Waals surface area contributed by atoms with Gasteiger partial charge in [-0.05, 0) is 43.4 Å². The van der Waals surface area contributed by atoms with Gasteiger partial charge in [0, 0.05) is 6.42 Å². The van der Waals surface area contributed by atoms with Crippen LogP contribution >= 0.6 is 0 Å². The highest BCUT2D eigenvalue weighted by Gasteiger charge is 2.31. The second kappa shape index (κ2) is 5.70. The molecule has 2 saturated carbocycles. The molecular formula is C14H24O2. The Bertz CT molecular complexity index is 237. The van der Waals surface area contributed by atoms with E-state index in [4.69, 9.17) is 5.11 Å². The van der Waals surface area contributed by atoms with Crippen LogP contribution < -0.4 is 0 Å². The van der Waals surface area contributed by atoms with Gasteiger partial charge < -0.3 is 5.11 Å². The van der Waals surface area contributed by atoms with Crippen LogP contribution in [0.5, 0.6) is 0 Å². The third-order valence-corrected chi connectivity index (χ3v) is 4.65. The average molecular weight is 224 g/mol. The molecule has 2 heteroatoms. The Kier molecular flexibility index (Phi) is 4.25. The van der Waals surface area contributed by atoms with E-state index in [2.05, 4.69) is 0 Å². The molecule has 2 rings (SSSR count). The standard InChI is InChI=1S/C14H24O2/c15-14(16)7-3-4-11-8-9-12-5-1-2-6-13(12)10-11/h11-13H,1-10H2,(H,15,16). The number of carbonyl (C=O) groups is 1. The van der Waals surface area contributed by atoms with Crippen molar-refractivity contribution in [2.75, 3.05) is 0 Å². The van der Waals surface area contributed by atoms with Gasteiger partial charge in [0.2, 0.25) is 0 Å². The maximum absolute atomic E-state index is 10.5. The van der Waals surface area contributed by atoms with Crippen LogP contribution in [0.25, 0.3) is 0 Å². The fourth-order valence-corrected chi connectivity index (χ4v) is 3.77. The summed E-state index contributed by atoms with van der Waals surface area (Å²) in [6.45, 7) is 0. The first-order chi connectivity index (χ1) is 7.75. The molecule has 0 aromatic heterocycles. The molecule has 0 spiro atoms. The lowest BCUT2D eigenvalue weighted by Gasteiger charge is -2.39. The van der Waals surface area contributed by atoms with Crippen LogP contribution in [0.2, 0.25) is 0 Å². The smallest absolute Gasteiger partial charge is 0.303 e. The minimum absolute atomic E-state index is 0.366. The van der Waals surface area contributed by atoms with E-state index in [-0.39, 0.29) is 0 Å². The fraction of sp³-hybridized carbons (Fsp3) is 0.929. The second-order valence-corrected chi connectivity index (χ2v) is 5.77. The minimum atomic E-state index is -0.633. The molecule has 2 fully saturated rings. The van der Waals surface area contributed by atoms with E-state index in [1.165, 1.54) is 44.9 Å². The molecule has 1 N–H and O–H groups in total. The molecule has 0 aromatic carbocycles. The lowest BCUT2D eigenvalue weighted by atomic mass is 9.67. The summed E-state index contributed by atoms with van der Waals surface area (Å²) in [6, 6.07) is 0. The molecular weight excluding hydrogens is 200 g/mol. The first-order valence-corrected chi connectivity index (χ1v) is 6.97. The maximum Gasteiger partial charge on any atom is 0.303 e. The van der Waals surface area contributed by atoms with Crippen LogP contribution in [0.4, 0.5) is 0 Å². The maximum atomic E-state index is 10.5. The van der Waals surface area contributed by atoms with Crippen LogP contribution in [-0.4, -0.2) is 11.1 Å². The molecule has 0 amide bonds. The highest BCUT2D eigenvalue weighted by molar-refractivity contribution is 5.66. The van der Waals surface area contributed by atoms with Crippen molar-refractivity contribution in [3.8, 4) is 0 Å². The Labute approximate surface area is 98.4 Å². The summed E-state index contributed by atoms with van der Waals surface area (Å²) in [5.41, 5.74) is 0.